The molecule has 0 heterocycles. The Labute approximate surface area is 124 Å². The number of ether oxygens (including phenoxy) is 1. The van der Waals surface area contributed by atoms with Crippen LogP contribution in [0.1, 0.15) is 46.2 Å². The summed E-state index contributed by atoms with van der Waals surface area (Å²) in [6.07, 6.45) is 0. The molecule has 0 aliphatic carbocycles. The third-order valence-electron chi connectivity index (χ3n) is 4.26. The lowest BCUT2D eigenvalue weighted by atomic mass is 9.85. The Hall–Kier alpha value is -1.06. The van der Waals surface area contributed by atoms with E-state index in [9.17, 15) is 0 Å². The van der Waals surface area contributed by atoms with E-state index in [1.807, 2.05) is 18.2 Å². The van der Waals surface area contributed by atoms with Gasteiger partial charge in [0.05, 0.1) is 13.2 Å². The fourth-order valence-corrected chi connectivity index (χ4v) is 2.64. The molecule has 3 unspecified atom stereocenters. The molecule has 3 nitrogen and oxygen atoms in total. The van der Waals surface area contributed by atoms with Gasteiger partial charge < -0.3 is 10.5 Å². The number of para-hydroxylation sites is 1. The molecule has 0 bridgehead atoms. The molecule has 0 saturated heterocycles. The molecule has 0 spiro atoms. The Kier molecular flexibility index (Phi) is 5.60. The van der Waals surface area contributed by atoms with E-state index in [1.165, 1.54) is 0 Å². The fraction of sp³-hybridized carbons (Fsp3) is 0.647. The molecule has 0 radical (unpaired) electrons. The van der Waals surface area contributed by atoms with E-state index in [-0.39, 0.29) is 17.5 Å². The second kappa shape index (κ2) is 6.59. The third-order valence-corrected chi connectivity index (χ3v) is 4.26. The summed E-state index contributed by atoms with van der Waals surface area (Å²) in [5.41, 5.74) is 7.63. The van der Waals surface area contributed by atoms with Gasteiger partial charge in [0.1, 0.15) is 5.75 Å². The normalized spacial score (nSPS) is 16.9. The Morgan fingerprint density at radius 1 is 1.15 bits per heavy atom. The van der Waals surface area contributed by atoms with Crippen molar-refractivity contribution in [1.29, 1.82) is 0 Å². The van der Waals surface area contributed by atoms with Gasteiger partial charge >= 0.3 is 0 Å². The molecule has 1 rings (SSSR count). The van der Waals surface area contributed by atoms with Gasteiger partial charge in [-0.05, 0) is 32.4 Å². The van der Waals surface area contributed by atoms with Crippen molar-refractivity contribution in [2.24, 2.45) is 11.1 Å². The van der Waals surface area contributed by atoms with E-state index in [2.05, 4.69) is 52.6 Å². The largest absolute Gasteiger partial charge is 0.496 e. The van der Waals surface area contributed by atoms with Gasteiger partial charge in [0.2, 0.25) is 0 Å². The number of nitrogens with two attached hydrogens (primary N) is 1. The average Bonchev–Trinajstić information content (AvgIpc) is 2.37. The molecule has 0 aromatic heterocycles. The van der Waals surface area contributed by atoms with Gasteiger partial charge in [-0.3, -0.25) is 4.90 Å². The Bertz CT molecular complexity index is 423. The average molecular weight is 278 g/mol. The first-order valence-electron chi connectivity index (χ1n) is 7.30. The second-order valence-electron chi connectivity index (χ2n) is 6.75. The van der Waals surface area contributed by atoms with Crippen LogP contribution >= 0.6 is 0 Å². The van der Waals surface area contributed by atoms with Crippen LogP contribution in [0, 0.1) is 5.41 Å². The molecule has 3 atom stereocenters. The predicted octanol–water partition coefficient (Wildman–Crippen LogP) is 3.45. The zero-order valence-corrected chi connectivity index (χ0v) is 14.0. The van der Waals surface area contributed by atoms with Crippen molar-refractivity contribution in [2.45, 2.75) is 52.7 Å². The second-order valence-corrected chi connectivity index (χ2v) is 6.75. The van der Waals surface area contributed by atoms with Crippen LogP contribution in [-0.2, 0) is 0 Å². The third kappa shape index (κ3) is 3.74. The van der Waals surface area contributed by atoms with Crippen molar-refractivity contribution in [2.75, 3.05) is 14.2 Å². The molecule has 0 aliphatic rings. The molecular formula is C17H30N2O. The maximum Gasteiger partial charge on any atom is 0.123 e. The number of rotatable bonds is 5. The summed E-state index contributed by atoms with van der Waals surface area (Å²) in [5, 5.41) is 0. The van der Waals surface area contributed by atoms with Gasteiger partial charge in [-0.2, -0.15) is 0 Å². The Balaban J connectivity index is 3.18. The minimum Gasteiger partial charge on any atom is -0.496 e. The van der Waals surface area contributed by atoms with Gasteiger partial charge in [0.25, 0.3) is 0 Å². The Morgan fingerprint density at radius 2 is 1.70 bits per heavy atom. The maximum atomic E-state index is 6.28. The van der Waals surface area contributed by atoms with Crippen LogP contribution < -0.4 is 10.5 Å². The van der Waals surface area contributed by atoms with Gasteiger partial charge in [-0.25, -0.2) is 0 Å². The molecule has 1 aromatic rings. The van der Waals surface area contributed by atoms with Crippen LogP contribution in [0.2, 0.25) is 0 Å². The number of methoxy groups -OCH3 is 1. The lowest BCUT2D eigenvalue weighted by molar-refractivity contribution is 0.0854. The molecule has 1 aromatic carbocycles. The number of likely N-dealkylation sites (N-methyl/N-ethyl adjacent to an activating group) is 1. The molecule has 0 amide bonds. The zero-order chi connectivity index (χ0) is 15.5. The van der Waals surface area contributed by atoms with Gasteiger partial charge in [-0.1, -0.05) is 39.0 Å². The molecule has 3 heteroatoms. The van der Waals surface area contributed by atoms with Gasteiger partial charge in [0.15, 0.2) is 0 Å². The highest BCUT2D eigenvalue weighted by Crippen LogP contribution is 2.35. The summed E-state index contributed by atoms with van der Waals surface area (Å²) < 4.78 is 5.51. The number of hydrogen-bond donors (Lipinski definition) is 1. The molecule has 0 saturated carbocycles. The van der Waals surface area contributed by atoms with Crippen molar-refractivity contribution in [3.8, 4) is 5.75 Å². The first-order valence-corrected chi connectivity index (χ1v) is 7.30. The van der Waals surface area contributed by atoms with Crippen molar-refractivity contribution in [1.82, 2.24) is 4.90 Å². The molecule has 20 heavy (non-hydrogen) atoms. The van der Waals surface area contributed by atoms with Crippen LogP contribution in [0.5, 0.6) is 5.75 Å². The summed E-state index contributed by atoms with van der Waals surface area (Å²) in [4.78, 5) is 2.36. The zero-order valence-electron chi connectivity index (χ0n) is 14.0. The predicted molar refractivity (Wildman–Crippen MR) is 86.1 cm³/mol. The fourth-order valence-electron chi connectivity index (χ4n) is 2.64. The first-order chi connectivity index (χ1) is 9.20. The molecule has 2 N–H and O–H groups in total. The highest BCUT2D eigenvalue weighted by atomic mass is 16.5. The summed E-state index contributed by atoms with van der Waals surface area (Å²) in [6, 6.07) is 8.72. The lowest BCUT2D eigenvalue weighted by Gasteiger charge is -2.42. The molecule has 114 valence electrons. The number of hydrogen-bond acceptors (Lipinski definition) is 3. The molecule has 0 fully saturated rings. The van der Waals surface area contributed by atoms with E-state index in [0.717, 1.165) is 11.3 Å². The first kappa shape index (κ1) is 17.0. The van der Waals surface area contributed by atoms with Crippen molar-refractivity contribution >= 4 is 0 Å². The van der Waals surface area contributed by atoms with Gasteiger partial charge in [-0.15, -0.1) is 0 Å². The van der Waals surface area contributed by atoms with Crippen LogP contribution in [-0.4, -0.2) is 31.1 Å². The summed E-state index contributed by atoms with van der Waals surface area (Å²) >= 11 is 0. The van der Waals surface area contributed by atoms with E-state index >= 15 is 0 Å². The molecule has 0 aliphatic heterocycles. The molecular weight excluding hydrogens is 248 g/mol. The van der Waals surface area contributed by atoms with Gasteiger partial charge in [0, 0.05) is 17.6 Å². The number of benzene rings is 1. The SMILES string of the molecule is COc1ccccc1C(C(C)N)N(C)C(C)C(C)(C)C. The Morgan fingerprint density at radius 3 is 2.15 bits per heavy atom. The monoisotopic (exact) mass is 278 g/mol. The minimum atomic E-state index is 0.0288. The van der Waals surface area contributed by atoms with Crippen LogP contribution in [0.15, 0.2) is 24.3 Å². The lowest BCUT2D eigenvalue weighted by Crippen LogP contribution is -2.46. The van der Waals surface area contributed by atoms with E-state index < -0.39 is 0 Å². The van der Waals surface area contributed by atoms with E-state index in [4.69, 9.17) is 10.5 Å². The summed E-state index contributed by atoms with van der Waals surface area (Å²) in [6.45, 7) is 11.1. The minimum absolute atomic E-state index is 0.0288. The van der Waals surface area contributed by atoms with Crippen LogP contribution in [0.4, 0.5) is 0 Å². The van der Waals surface area contributed by atoms with Crippen LogP contribution in [0.25, 0.3) is 0 Å². The maximum absolute atomic E-state index is 6.28. The summed E-state index contributed by atoms with van der Waals surface area (Å²) in [7, 11) is 3.86. The standard InChI is InChI=1S/C17H30N2O/c1-12(18)16(19(6)13(2)17(3,4)5)14-10-8-9-11-15(14)20-7/h8-13,16H,18H2,1-7H3. The van der Waals surface area contributed by atoms with Crippen molar-refractivity contribution in [3.63, 3.8) is 0 Å². The number of nitrogens with zero attached hydrogens (tertiary/aromatic N) is 1. The van der Waals surface area contributed by atoms with Crippen molar-refractivity contribution in [3.05, 3.63) is 29.8 Å². The topological polar surface area (TPSA) is 38.5 Å². The summed E-state index contributed by atoms with van der Waals surface area (Å²) in [5.74, 6) is 0.905. The highest BCUT2D eigenvalue weighted by molar-refractivity contribution is 5.36. The van der Waals surface area contributed by atoms with E-state index in [1.54, 1.807) is 7.11 Å². The quantitative estimate of drug-likeness (QED) is 0.896. The van der Waals surface area contributed by atoms with Crippen LogP contribution in [0.3, 0.4) is 0 Å². The highest BCUT2D eigenvalue weighted by Gasteiger charge is 2.32. The van der Waals surface area contributed by atoms with E-state index in [0.29, 0.717) is 6.04 Å². The van der Waals surface area contributed by atoms with Crippen molar-refractivity contribution < 1.29 is 4.74 Å². The smallest absolute Gasteiger partial charge is 0.123 e.